The van der Waals surface area contributed by atoms with E-state index >= 15 is 0 Å². The monoisotopic (exact) mass is 379 g/mol. The maximum atomic E-state index is 13.4. The van der Waals surface area contributed by atoms with Crippen molar-refractivity contribution in [2.75, 3.05) is 12.4 Å². The first-order chi connectivity index (χ1) is 13.0. The van der Waals surface area contributed by atoms with Crippen LogP contribution >= 0.6 is 0 Å². The van der Waals surface area contributed by atoms with E-state index in [1.807, 2.05) is 27.7 Å². The van der Waals surface area contributed by atoms with E-state index in [9.17, 15) is 13.2 Å². The molecule has 0 bridgehead atoms. The molecule has 0 aliphatic carbocycles. The molecule has 0 unspecified atom stereocenters. The molecule has 0 aliphatic rings. The molecule has 5 nitrogen and oxygen atoms in total. The van der Waals surface area contributed by atoms with Crippen molar-refractivity contribution in [3.63, 3.8) is 0 Å². The highest BCUT2D eigenvalue weighted by Gasteiger charge is 2.40. The summed E-state index contributed by atoms with van der Waals surface area (Å²) in [5.41, 5.74) is -0.611. The van der Waals surface area contributed by atoms with Crippen LogP contribution < -0.4 is 5.32 Å². The van der Waals surface area contributed by atoms with E-state index in [4.69, 9.17) is 0 Å². The number of nitrogens with one attached hydrogen (secondary N) is 1. The molecule has 0 atom stereocenters. The van der Waals surface area contributed by atoms with Crippen molar-refractivity contribution in [3.8, 4) is 17.1 Å². The summed E-state index contributed by atoms with van der Waals surface area (Å²) in [5.74, 6) is 0.235. The molecular weight excluding hydrogens is 355 g/mol. The van der Waals surface area contributed by atoms with Gasteiger partial charge in [-0.2, -0.15) is 23.0 Å². The Labute approximate surface area is 157 Å². The molecular formula is C19H24F3N5. The van der Waals surface area contributed by atoms with E-state index in [0.717, 1.165) is 4.68 Å². The van der Waals surface area contributed by atoms with Gasteiger partial charge < -0.3 is 5.32 Å². The lowest BCUT2D eigenvalue weighted by Crippen LogP contribution is -2.09. The summed E-state index contributed by atoms with van der Waals surface area (Å²) >= 11 is 0. The molecule has 0 radical (unpaired) electrons. The molecule has 0 saturated carbocycles. The van der Waals surface area contributed by atoms with E-state index in [0.29, 0.717) is 5.56 Å². The van der Waals surface area contributed by atoms with Crippen LogP contribution in [0.2, 0.25) is 0 Å². The molecule has 2 aromatic heterocycles. The van der Waals surface area contributed by atoms with Crippen LogP contribution in [0.25, 0.3) is 17.1 Å². The fraction of sp³-hybridized carbons (Fsp3) is 0.316. The second-order valence-electron chi connectivity index (χ2n) is 4.65. The maximum absolute atomic E-state index is 13.4. The van der Waals surface area contributed by atoms with Crippen LogP contribution in [0.15, 0.2) is 48.8 Å². The summed E-state index contributed by atoms with van der Waals surface area (Å²) in [6.07, 6.45) is -1.71. The van der Waals surface area contributed by atoms with Gasteiger partial charge in [0.2, 0.25) is 0 Å². The highest BCUT2D eigenvalue weighted by Crippen LogP contribution is 2.41. The van der Waals surface area contributed by atoms with Gasteiger partial charge >= 0.3 is 6.18 Å². The second-order valence-corrected chi connectivity index (χ2v) is 4.65. The number of rotatable bonds is 3. The SMILES string of the molecule is CC.CC.CNc1c(-c2ccccc2)c(C(F)(F)F)nn1-c1ncccn1. The Morgan fingerprint density at radius 1 is 0.889 bits per heavy atom. The summed E-state index contributed by atoms with van der Waals surface area (Å²) in [4.78, 5) is 7.94. The number of hydrogen-bond donors (Lipinski definition) is 1. The van der Waals surface area contributed by atoms with Gasteiger partial charge in [0.15, 0.2) is 5.69 Å². The van der Waals surface area contributed by atoms with Gasteiger partial charge in [-0.25, -0.2) is 9.97 Å². The summed E-state index contributed by atoms with van der Waals surface area (Å²) in [6.45, 7) is 8.00. The second kappa shape index (κ2) is 10.3. The maximum Gasteiger partial charge on any atom is 0.435 e. The van der Waals surface area contributed by atoms with Crippen LogP contribution in [0.1, 0.15) is 33.4 Å². The fourth-order valence-electron chi connectivity index (χ4n) is 2.27. The van der Waals surface area contributed by atoms with Gasteiger partial charge in [-0.05, 0) is 11.6 Å². The Balaban J connectivity index is 0.000000855. The van der Waals surface area contributed by atoms with Crippen LogP contribution in [0.4, 0.5) is 19.0 Å². The first kappa shape index (κ1) is 22.1. The molecule has 0 saturated heterocycles. The number of benzene rings is 1. The van der Waals surface area contributed by atoms with E-state index in [1.54, 1.807) is 36.4 Å². The molecule has 27 heavy (non-hydrogen) atoms. The van der Waals surface area contributed by atoms with Gasteiger partial charge in [-0.15, -0.1) is 0 Å². The topological polar surface area (TPSA) is 55.6 Å². The predicted molar refractivity (Wildman–Crippen MR) is 102 cm³/mol. The molecule has 2 heterocycles. The molecule has 0 fully saturated rings. The zero-order valence-electron chi connectivity index (χ0n) is 16.0. The van der Waals surface area contributed by atoms with Crippen molar-refractivity contribution >= 4 is 5.82 Å². The largest absolute Gasteiger partial charge is 0.435 e. The minimum atomic E-state index is -4.60. The Hall–Kier alpha value is -2.90. The Morgan fingerprint density at radius 3 is 1.93 bits per heavy atom. The third-order valence-electron chi connectivity index (χ3n) is 3.19. The van der Waals surface area contributed by atoms with Gasteiger partial charge in [0.25, 0.3) is 5.95 Å². The predicted octanol–water partition coefficient (Wildman–Crippen LogP) is 5.44. The summed E-state index contributed by atoms with van der Waals surface area (Å²) in [7, 11) is 1.53. The molecule has 0 amide bonds. The molecule has 8 heteroatoms. The van der Waals surface area contributed by atoms with E-state index in [2.05, 4.69) is 20.4 Å². The number of aromatic nitrogens is 4. The molecule has 1 N–H and O–H groups in total. The van der Waals surface area contributed by atoms with Gasteiger partial charge in [0.05, 0.1) is 5.56 Å². The lowest BCUT2D eigenvalue weighted by Gasteiger charge is -2.09. The number of halogens is 3. The zero-order valence-corrected chi connectivity index (χ0v) is 16.0. The van der Waals surface area contributed by atoms with Crippen molar-refractivity contribution in [1.29, 1.82) is 0 Å². The van der Waals surface area contributed by atoms with Gasteiger partial charge in [-0.3, -0.25) is 0 Å². The fourth-order valence-corrected chi connectivity index (χ4v) is 2.27. The lowest BCUT2D eigenvalue weighted by atomic mass is 10.1. The Morgan fingerprint density at radius 2 is 1.44 bits per heavy atom. The third kappa shape index (κ3) is 5.06. The Kier molecular flexibility index (Phi) is 8.44. The van der Waals surface area contributed by atoms with Crippen molar-refractivity contribution in [3.05, 3.63) is 54.5 Å². The quantitative estimate of drug-likeness (QED) is 0.658. The number of anilines is 1. The number of nitrogens with zero attached hydrogens (tertiary/aromatic N) is 4. The van der Waals surface area contributed by atoms with E-state index in [-0.39, 0.29) is 17.3 Å². The van der Waals surface area contributed by atoms with Crippen LogP contribution in [0.5, 0.6) is 0 Å². The molecule has 146 valence electrons. The van der Waals surface area contributed by atoms with Crippen molar-refractivity contribution < 1.29 is 13.2 Å². The van der Waals surface area contributed by atoms with Crippen LogP contribution in [-0.4, -0.2) is 26.8 Å². The minimum absolute atomic E-state index is 0.0342. The van der Waals surface area contributed by atoms with Crippen LogP contribution in [0, 0.1) is 0 Å². The average Bonchev–Trinajstić information content (AvgIpc) is 3.12. The third-order valence-corrected chi connectivity index (χ3v) is 3.19. The molecule has 0 aliphatic heterocycles. The van der Waals surface area contributed by atoms with E-state index in [1.165, 1.54) is 19.4 Å². The van der Waals surface area contributed by atoms with Crippen molar-refractivity contribution in [1.82, 2.24) is 19.7 Å². The normalized spacial score (nSPS) is 10.2. The van der Waals surface area contributed by atoms with Crippen molar-refractivity contribution in [2.24, 2.45) is 0 Å². The van der Waals surface area contributed by atoms with E-state index < -0.39 is 11.9 Å². The van der Waals surface area contributed by atoms with Crippen LogP contribution in [0.3, 0.4) is 0 Å². The zero-order chi connectivity index (χ0) is 20.4. The number of alkyl halides is 3. The highest BCUT2D eigenvalue weighted by atomic mass is 19.4. The number of hydrogen-bond acceptors (Lipinski definition) is 4. The lowest BCUT2D eigenvalue weighted by molar-refractivity contribution is -0.140. The molecule has 3 aromatic rings. The molecule has 1 aromatic carbocycles. The summed E-state index contributed by atoms with van der Waals surface area (Å²) in [5, 5.41) is 6.48. The summed E-state index contributed by atoms with van der Waals surface area (Å²) < 4.78 is 41.4. The first-order valence-corrected chi connectivity index (χ1v) is 8.73. The Bertz CT molecular complexity index is 799. The van der Waals surface area contributed by atoms with Crippen molar-refractivity contribution in [2.45, 2.75) is 33.9 Å². The summed E-state index contributed by atoms with van der Waals surface area (Å²) in [6, 6.07) is 9.86. The standard InChI is InChI=1S/C15H12F3N5.2C2H6/c1-19-13-11(10-6-3-2-4-7-10)12(15(16,17)18)22-23(13)14-20-8-5-9-21-14;2*1-2/h2-9,19H,1H3;2*1-2H3. The minimum Gasteiger partial charge on any atom is -0.372 e. The van der Waals surface area contributed by atoms with Gasteiger partial charge in [0, 0.05) is 19.4 Å². The van der Waals surface area contributed by atoms with Gasteiger partial charge in [-0.1, -0.05) is 58.0 Å². The smallest absolute Gasteiger partial charge is 0.372 e. The molecule has 3 rings (SSSR count). The van der Waals surface area contributed by atoms with Gasteiger partial charge in [0.1, 0.15) is 5.82 Å². The first-order valence-electron chi connectivity index (χ1n) is 8.73. The molecule has 0 spiro atoms. The van der Waals surface area contributed by atoms with Crippen LogP contribution in [-0.2, 0) is 6.18 Å². The average molecular weight is 379 g/mol. The highest BCUT2D eigenvalue weighted by molar-refractivity contribution is 5.79.